The van der Waals surface area contributed by atoms with Gasteiger partial charge in [-0.1, -0.05) is 39.1 Å². The third kappa shape index (κ3) is 2.78. The van der Waals surface area contributed by atoms with Gasteiger partial charge in [0, 0.05) is 11.9 Å². The summed E-state index contributed by atoms with van der Waals surface area (Å²) < 4.78 is 2.19. The quantitative estimate of drug-likeness (QED) is 0.578. The van der Waals surface area contributed by atoms with Crippen LogP contribution in [0.5, 0.6) is 0 Å². The molecule has 1 heterocycles. The molecule has 0 spiro atoms. The number of aryl methyl sites for hydroxylation is 2. The molecule has 2 rings (SSSR count). The summed E-state index contributed by atoms with van der Waals surface area (Å²) in [5.41, 5.74) is 1.97. The lowest BCUT2D eigenvalue weighted by Gasteiger charge is -2.06. The van der Waals surface area contributed by atoms with Gasteiger partial charge in [-0.2, -0.15) is 0 Å². The number of alkyl halides is 1. The first-order valence-electron chi connectivity index (χ1n) is 5.51. The summed E-state index contributed by atoms with van der Waals surface area (Å²) >= 11 is 15.5. The number of halogens is 3. The number of rotatable bonds is 4. The van der Waals surface area contributed by atoms with Gasteiger partial charge in [0.1, 0.15) is 5.82 Å². The molecular weight excluding hydrogens is 323 g/mol. The van der Waals surface area contributed by atoms with Crippen LogP contribution in [-0.2, 0) is 6.54 Å². The average molecular weight is 336 g/mol. The summed E-state index contributed by atoms with van der Waals surface area (Å²) in [6.45, 7) is 2.97. The smallest absolute Gasteiger partial charge is 0.106 e. The summed E-state index contributed by atoms with van der Waals surface area (Å²) in [6, 6.07) is 3.72. The maximum absolute atomic E-state index is 6.05. The Labute approximate surface area is 119 Å². The summed E-state index contributed by atoms with van der Waals surface area (Å²) in [4.78, 5) is 4.50. The Balaban J connectivity index is 2.40. The highest BCUT2D eigenvalue weighted by molar-refractivity contribution is 9.09. The molecule has 0 fully saturated rings. The van der Waals surface area contributed by atoms with E-state index in [9.17, 15) is 0 Å². The molecule has 2 nitrogen and oxygen atoms in total. The zero-order valence-electron chi connectivity index (χ0n) is 9.51. The first kappa shape index (κ1) is 13.2. The van der Waals surface area contributed by atoms with E-state index < -0.39 is 0 Å². The molecule has 0 aliphatic heterocycles. The summed E-state index contributed by atoms with van der Waals surface area (Å²) in [6.07, 6.45) is 2.28. The van der Waals surface area contributed by atoms with Crippen molar-refractivity contribution in [2.24, 2.45) is 0 Å². The van der Waals surface area contributed by atoms with Crippen LogP contribution in [0.4, 0.5) is 0 Å². The van der Waals surface area contributed by atoms with Crippen molar-refractivity contribution in [2.45, 2.75) is 26.3 Å². The van der Waals surface area contributed by atoms with Crippen LogP contribution in [0.25, 0.3) is 11.0 Å². The molecule has 0 bridgehead atoms. The lowest BCUT2D eigenvalue weighted by Crippen LogP contribution is -2.00. The Hall–Kier alpha value is -0.250. The van der Waals surface area contributed by atoms with Gasteiger partial charge in [0.2, 0.25) is 0 Å². The number of hydrogen-bond acceptors (Lipinski definition) is 1. The molecule has 0 saturated carbocycles. The van der Waals surface area contributed by atoms with E-state index in [0.29, 0.717) is 10.0 Å². The van der Waals surface area contributed by atoms with Crippen LogP contribution in [-0.4, -0.2) is 14.9 Å². The second-order valence-corrected chi connectivity index (χ2v) is 5.57. The van der Waals surface area contributed by atoms with Gasteiger partial charge >= 0.3 is 0 Å². The Kier molecular flexibility index (Phi) is 4.34. The molecule has 0 aliphatic rings. The van der Waals surface area contributed by atoms with Crippen LogP contribution < -0.4 is 0 Å². The number of nitrogens with zero attached hydrogens (tertiary/aromatic N) is 2. The Bertz CT molecular complexity index is 537. The molecule has 1 aromatic carbocycles. The van der Waals surface area contributed by atoms with E-state index in [-0.39, 0.29) is 0 Å². The highest BCUT2D eigenvalue weighted by Gasteiger charge is 2.09. The number of fused-ring (bicyclic) bond motifs is 1. The van der Waals surface area contributed by atoms with Gasteiger partial charge in [-0.15, -0.1) is 0 Å². The van der Waals surface area contributed by atoms with Crippen LogP contribution >= 0.6 is 39.1 Å². The van der Waals surface area contributed by atoms with Crippen LogP contribution in [0.3, 0.4) is 0 Å². The van der Waals surface area contributed by atoms with Crippen molar-refractivity contribution in [2.75, 3.05) is 5.33 Å². The van der Waals surface area contributed by atoms with Crippen LogP contribution in [0.1, 0.15) is 18.7 Å². The van der Waals surface area contributed by atoms with Crippen molar-refractivity contribution in [1.82, 2.24) is 9.55 Å². The fourth-order valence-corrected chi connectivity index (χ4v) is 2.60. The van der Waals surface area contributed by atoms with Gasteiger partial charge in [-0.3, -0.25) is 0 Å². The third-order valence-electron chi connectivity index (χ3n) is 2.75. The van der Waals surface area contributed by atoms with Gasteiger partial charge in [0.25, 0.3) is 0 Å². The normalized spacial score (nSPS) is 11.3. The van der Waals surface area contributed by atoms with Gasteiger partial charge in [0.15, 0.2) is 0 Å². The molecule has 0 radical (unpaired) electrons. The third-order valence-corrected chi connectivity index (χ3v) is 4.03. The zero-order chi connectivity index (χ0) is 12.4. The maximum atomic E-state index is 6.05. The maximum Gasteiger partial charge on any atom is 0.106 e. The molecule has 2 aromatic rings. The second-order valence-electron chi connectivity index (χ2n) is 3.96. The first-order chi connectivity index (χ1) is 8.13. The number of benzene rings is 1. The largest absolute Gasteiger partial charge is 0.328 e. The Morgan fingerprint density at radius 1 is 1.24 bits per heavy atom. The van der Waals surface area contributed by atoms with Crippen LogP contribution in [0.2, 0.25) is 10.0 Å². The van der Waals surface area contributed by atoms with E-state index in [4.69, 9.17) is 23.2 Å². The number of aromatic nitrogens is 2. The van der Waals surface area contributed by atoms with Crippen molar-refractivity contribution >= 4 is 50.2 Å². The monoisotopic (exact) mass is 334 g/mol. The van der Waals surface area contributed by atoms with Gasteiger partial charge in [0.05, 0.1) is 21.1 Å². The van der Waals surface area contributed by atoms with E-state index in [0.717, 1.165) is 41.6 Å². The molecule has 0 saturated heterocycles. The lowest BCUT2D eigenvalue weighted by molar-refractivity contribution is 0.635. The molecule has 17 heavy (non-hydrogen) atoms. The number of hydrogen-bond donors (Lipinski definition) is 0. The van der Waals surface area contributed by atoms with Crippen molar-refractivity contribution in [3.63, 3.8) is 0 Å². The van der Waals surface area contributed by atoms with Gasteiger partial charge < -0.3 is 4.57 Å². The zero-order valence-corrected chi connectivity index (χ0v) is 12.6. The van der Waals surface area contributed by atoms with E-state index in [2.05, 4.69) is 25.5 Å². The topological polar surface area (TPSA) is 17.8 Å². The summed E-state index contributed by atoms with van der Waals surface area (Å²) in [5.74, 6) is 1.01. The minimum absolute atomic E-state index is 0.560. The van der Waals surface area contributed by atoms with E-state index in [1.807, 2.05) is 19.1 Å². The minimum atomic E-state index is 0.560. The van der Waals surface area contributed by atoms with Crippen LogP contribution in [0.15, 0.2) is 12.1 Å². The summed E-state index contributed by atoms with van der Waals surface area (Å²) in [7, 11) is 0. The molecule has 0 amide bonds. The van der Waals surface area contributed by atoms with Crippen molar-refractivity contribution in [3.8, 4) is 0 Å². The van der Waals surface area contributed by atoms with E-state index >= 15 is 0 Å². The predicted octanol–water partition coefficient (Wildman–Crippen LogP) is 4.83. The Morgan fingerprint density at radius 2 is 1.94 bits per heavy atom. The fraction of sp³-hybridized carbons (Fsp3) is 0.417. The highest BCUT2D eigenvalue weighted by atomic mass is 79.9. The number of unbranched alkanes of at least 4 members (excludes halogenated alkanes) is 1. The summed E-state index contributed by atoms with van der Waals surface area (Å²) in [5, 5.41) is 2.18. The van der Waals surface area contributed by atoms with Crippen molar-refractivity contribution < 1.29 is 0 Å². The van der Waals surface area contributed by atoms with E-state index in [1.165, 1.54) is 0 Å². The minimum Gasteiger partial charge on any atom is -0.328 e. The van der Waals surface area contributed by atoms with E-state index in [1.54, 1.807) is 0 Å². The van der Waals surface area contributed by atoms with Crippen molar-refractivity contribution in [1.29, 1.82) is 0 Å². The molecule has 0 atom stereocenters. The first-order valence-corrected chi connectivity index (χ1v) is 7.39. The molecule has 1 aromatic heterocycles. The molecule has 0 aliphatic carbocycles. The van der Waals surface area contributed by atoms with Gasteiger partial charge in [-0.25, -0.2) is 4.98 Å². The molecule has 5 heteroatoms. The molecule has 92 valence electrons. The molecule has 0 unspecified atom stereocenters. The predicted molar refractivity (Wildman–Crippen MR) is 77.5 cm³/mol. The second kappa shape index (κ2) is 5.59. The van der Waals surface area contributed by atoms with Crippen molar-refractivity contribution in [3.05, 3.63) is 28.0 Å². The Morgan fingerprint density at radius 3 is 2.65 bits per heavy atom. The highest BCUT2D eigenvalue weighted by Crippen LogP contribution is 2.28. The SMILES string of the molecule is Cc1nc2cc(Cl)c(Cl)cc2n1CCCCBr. The molecule has 0 N–H and O–H groups in total. The van der Waals surface area contributed by atoms with Crippen LogP contribution in [0, 0.1) is 6.92 Å². The lowest BCUT2D eigenvalue weighted by atomic mass is 10.3. The average Bonchev–Trinajstić information content (AvgIpc) is 2.57. The standard InChI is InChI=1S/C12H13BrCl2N2/c1-8-16-11-6-9(14)10(15)7-12(11)17(8)5-3-2-4-13/h6-7H,2-5H2,1H3. The fourth-order valence-electron chi connectivity index (χ4n) is 1.89. The number of imidazole rings is 1. The molecular formula is C12H13BrCl2N2. The van der Waals surface area contributed by atoms with Gasteiger partial charge in [-0.05, 0) is 31.9 Å².